The minimum atomic E-state index is -4.66. The van der Waals surface area contributed by atoms with Crippen LogP contribution in [0.3, 0.4) is 0 Å². The molecule has 13 nitrogen and oxygen atoms in total. The molecule has 0 saturated heterocycles. The summed E-state index contributed by atoms with van der Waals surface area (Å²) in [5, 5.41) is 21.1. The third-order valence-corrected chi connectivity index (χ3v) is 4.27. The van der Waals surface area contributed by atoms with Crippen LogP contribution in [0.25, 0.3) is 5.69 Å². The van der Waals surface area contributed by atoms with Gasteiger partial charge in [0.1, 0.15) is 15.8 Å². The molecule has 1 N–H and O–H groups in total. The smallest absolute Gasteiger partial charge is 0.744 e. The van der Waals surface area contributed by atoms with Crippen LogP contribution in [0.5, 0.6) is 0 Å². The number of carboxylic acids is 1. The Labute approximate surface area is 260 Å². The van der Waals surface area contributed by atoms with Gasteiger partial charge in [-0.3, -0.25) is 9.89 Å². The van der Waals surface area contributed by atoms with E-state index >= 15 is 0 Å². The van der Waals surface area contributed by atoms with Crippen LogP contribution in [0.2, 0.25) is 0 Å². The molecule has 0 fully saturated rings. The maximum atomic E-state index is 12.5. The Morgan fingerprint density at radius 3 is 1.91 bits per heavy atom. The topological polar surface area (TPSA) is 211 Å². The van der Waals surface area contributed by atoms with E-state index in [1.165, 1.54) is 0 Å². The number of carbonyl (C=O) groups excluding carboxylic acids is 1. The van der Waals surface area contributed by atoms with Crippen molar-refractivity contribution < 1.29 is 124 Å². The van der Waals surface area contributed by atoms with Crippen molar-refractivity contribution in [1.82, 2.24) is 9.78 Å². The van der Waals surface area contributed by atoms with Gasteiger partial charge in [-0.05, 0) is 30.0 Å². The monoisotopic (exact) mass is 534 g/mol. The molecule has 0 atom stereocenters. The number of azo groups is 1. The third kappa shape index (κ3) is 10.3. The van der Waals surface area contributed by atoms with E-state index in [2.05, 4.69) is 21.4 Å². The van der Waals surface area contributed by atoms with Crippen molar-refractivity contribution in [3.05, 3.63) is 70.6 Å². The van der Waals surface area contributed by atoms with Gasteiger partial charge in [-0.1, -0.05) is 0 Å². The van der Waals surface area contributed by atoms with E-state index in [1.54, 1.807) is 24.3 Å². The Hall–Kier alpha value is -0.950. The minimum Gasteiger partial charge on any atom is -0.744 e. The SMILES string of the molecule is O=C([O-])c1[nH]n(-c2ccc(S(=O)(=O)[O-])cc2)c(=O)c1N=Nc1cc[c-]cc1.O=S(=O)=O.[Na+].[Na+].[Na+]. The number of aromatic nitrogens is 2. The molecule has 0 bridgehead atoms. The van der Waals surface area contributed by atoms with Gasteiger partial charge in [0.15, 0.2) is 5.69 Å². The van der Waals surface area contributed by atoms with E-state index in [1.807, 2.05) is 0 Å². The summed E-state index contributed by atoms with van der Waals surface area (Å²) in [6.45, 7) is 0. The van der Waals surface area contributed by atoms with E-state index in [9.17, 15) is 27.7 Å². The van der Waals surface area contributed by atoms with Crippen LogP contribution in [0.4, 0.5) is 11.4 Å². The summed E-state index contributed by atoms with van der Waals surface area (Å²) in [5.74, 6) is -1.68. The van der Waals surface area contributed by atoms with Crippen LogP contribution in [0.15, 0.2) is 68.4 Å². The fraction of sp³-hybridized carbons (Fsp3) is 0. The van der Waals surface area contributed by atoms with Crippen molar-refractivity contribution in [2.75, 3.05) is 0 Å². The van der Waals surface area contributed by atoms with Crippen molar-refractivity contribution >= 4 is 38.1 Å². The molecule has 3 aromatic rings. The molecule has 0 aliphatic heterocycles. The summed E-state index contributed by atoms with van der Waals surface area (Å²) >= 11 is 0. The van der Waals surface area contributed by atoms with Crippen LogP contribution in [-0.4, -0.2) is 41.3 Å². The molecule has 0 aliphatic rings. The van der Waals surface area contributed by atoms with E-state index < -0.39 is 48.5 Å². The Morgan fingerprint density at radius 2 is 1.47 bits per heavy atom. The third-order valence-electron chi connectivity index (χ3n) is 3.42. The first kappa shape index (κ1) is 35.2. The Kier molecular flexibility index (Phi) is 16.5. The van der Waals surface area contributed by atoms with E-state index in [-0.39, 0.29) is 94.4 Å². The Balaban J connectivity index is 0. The number of hydrogen-bond donors (Lipinski definition) is 1. The number of aromatic carboxylic acids is 1. The van der Waals surface area contributed by atoms with Crippen molar-refractivity contribution in [2.45, 2.75) is 4.90 Å². The van der Waals surface area contributed by atoms with Gasteiger partial charge < -0.3 is 14.5 Å². The van der Waals surface area contributed by atoms with Gasteiger partial charge in [0.2, 0.25) is 0 Å². The number of hydrogen-bond acceptors (Lipinski definition) is 11. The van der Waals surface area contributed by atoms with Gasteiger partial charge in [0, 0.05) is 0 Å². The molecule has 1 heterocycles. The maximum Gasteiger partial charge on any atom is 1.00 e. The standard InChI is InChI=1S/C16H11N4O6S.3Na.O3S/c21-15-13(18-17-10-4-2-1-3-5-10)14(16(22)23)19-20(15)11-6-8-12(9-7-11)27(24,25)26;;;;1-4(2)3/h2-9,19H,(H,22,23)(H,24,25,26);;;;/q-1;3*+1;/p-2. The minimum absolute atomic E-state index is 0. The number of H-pyrrole nitrogens is 1. The zero-order valence-electron chi connectivity index (χ0n) is 18.0. The number of benzene rings is 2. The van der Waals surface area contributed by atoms with Crippen molar-refractivity contribution in [3.8, 4) is 5.69 Å². The van der Waals surface area contributed by atoms with Gasteiger partial charge in [0.05, 0.1) is 16.6 Å². The molecule has 0 unspecified atom stereocenters. The van der Waals surface area contributed by atoms with Gasteiger partial charge in [-0.2, -0.15) is 23.3 Å². The second-order valence-electron chi connectivity index (χ2n) is 5.37. The van der Waals surface area contributed by atoms with Crippen molar-refractivity contribution in [1.29, 1.82) is 0 Å². The normalized spacial score (nSPS) is 10.0. The Morgan fingerprint density at radius 1 is 0.971 bits per heavy atom. The Bertz CT molecular complexity index is 1400. The van der Waals surface area contributed by atoms with E-state index in [0.717, 1.165) is 28.9 Å². The molecule has 0 spiro atoms. The zero-order valence-corrected chi connectivity index (χ0v) is 25.6. The molecule has 18 heteroatoms. The average molecular weight is 534 g/mol. The van der Waals surface area contributed by atoms with Gasteiger partial charge in [-0.25, -0.2) is 13.1 Å². The summed E-state index contributed by atoms with van der Waals surface area (Å²) in [4.78, 5) is 23.3. The molecule has 162 valence electrons. The average Bonchev–Trinajstić information content (AvgIpc) is 3.03. The number of rotatable bonds is 5. The predicted molar refractivity (Wildman–Crippen MR) is 97.8 cm³/mol. The number of aromatic amines is 1. The molecule has 3 rings (SSSR count). The molecule has 0 amide bonds. The number of carboxylic acid groups (broad SMARTS) is 1. The predicted octanol–water partition coefficient (Wildman–Crippen LogP) is -9.34. The van der Waals surface area contributed by atoms with E-state index in [4.69, 9.17) is 12.6 Å². The molecule has 0 saturated carbocycles. The first-order valence-electron chi connectivity index (χ1n) is 7.78. The van der Waals surface area contributed by atoms with Crippen LogP contribution >= 0.6 is 0 Å². The summed E-state index contributed by atoms with van der Waals surface area (Å²) in [6.07, 6.45) is 0. The molecule has 0 aliphatic carbocycles. The van der Waals surface area contributed by atoms with Gasteiger partial charge in [-0.15, -0.1) is 29.9 Å². The molecule has 0 radical (unpaired) electrons. The summed E-state index contributed by atoms with van der Waals surface area (Å²) < 4.78 is 59.1. The number of nitrogens with one attached hydrogen (secondary N) is 1. The van der Waals surface area contributed by atoms with Crippen LogP contribution < -0.4 is 99.3 Å². The number of carbonyl (C=O) groups is 1. The zero-order chi connectivity index (χ0) is 23.2. The molecule has 34 heavy (non-hydrogen) atoms. The van der Waals surface area contributed by atoms with Crippen molar-refractivity contribution in [2.24, 2.45) is 10.2 Å². The first-order valence-corrected chi connectivity index (χ1v) is 10.2. The maximum absolute atomic E-state index is 12.5. The summed E-state index contributed by atoms with van der Waals surface area (Å²) in [5.41, 5.74) is -1.49. The van der Waals surface area contributed by atoms with Crippen LogP contribution in [0.1, 0.15) is 10.5 Å². The molecular formula is C16H9N4Na3O9S2. The summed E-state index contributed by atoms with van der Waals surface area (Å²) in [7, 11) is -7.77. The summed E-state index contributed by atoms with van der Waals surface area (Å²) in [6, 6.07) is 13.3. The van der Waals surface area contributed by atoms with Crippen molar-refractivity contribution in [3.63, 3.8) is 0 Å². The second kappa shape index (κ2) is 15.9. The second-order valence-corrected chi connectivity index (χ2v) is 7.16. The first-order chi connectivity index (χ1) is 14.5. The van der Waals surface area contributed by atoms with E-state index in [0.29, 0.717) is 5.69 Å². The molecule has 1 aromatic heterocycles. The molecule has 2 aromatic carbocycles. The van der Waals surface area contributed by atoms with Gasteiger partial charge in [0.25, 0.3) is 5.56 Å². The largest absolute Gasteiger partial charge is 1.00 e. The molecular weight excluding hydrogens is 525 g/mol. The quantitative estimate of drug-likeness (QED) is 0.142. The van der Waals surface area contributed by atoms with Crippen LogP contribution in [-0.2, 0) is 20.7 Å². The fourth-order valence-corrected chi connectivity index (χ4v) is 2.63. The fourth-order valence-electron chi connectivity index (χ4n) is 2.16. The van der Waals surface area contributed by atoms with Gasteiger partial charge >= 0.3 is 99.3 Å². The number of nitrogens with zero attached hydrogens (tertiary/aromatic N) is 3. The van der Waals surface area contributed by atoms with Crippen LogP contribution in [0, 0.1) is 6.07 Å².